The molecule has 1 fully saturated rings. The number of pyridine rings is 1. The summed E-state index contributed by atoms with van der Waals surface area (Å²) in [6.07, 6.45) is 5.55. The molecule has 1 N–H and O–H groups in total. The molecule has 0 radical (unpaired) electrons. The lowest BCUT2D eigenvalue weighted by molar-refractivity contribution is 0.0695. The molecule has 0 bridgehead atoms. The van der Waals surface area contributed by atoms with E-state index >= 15 is 0 Å². The number of aromatic nitrogens is 3. The van der Waals surface area contributed by atoms with Crippen LogP contribution in [0.5, 0.6) is 0 Å². The van der Waals surface area contributed by atoms with Crippen molar-refractivity contribution in [3.05, 3.63) is 41.3 Å². The van der Waals surface area contributed by atoms with Crippen LogP contribution in [0.4, 0.5) is 5.82 Å². The fourth-order valence-corrected chi connectivity index (χ4v) is 2.77. The Balaban J connectivity index is 1.77. The largest absolute Gasteiger partial charge is 0.478 e. The van der Waals surface area contributed by atoms with Crippen LogP contribution in [-0.2, 0) is 6.54 Å². The van der Waals surface area contributed by atoms with E-state index in [4.69, 9.17) is 0 Å². The predicted octanol–water partition coefficient (Wildman–Crippen LogP) is 2.75. The molecule has 122 valence electrons. The number of aromatic carboxylic acids is 1. The fourth-order valence-electron chi connectivity index (χ4n) is 2.77. The van der Waals surface area contributed by atoms with Gasteiger partial charge in [-0.2, -0.15) is 5.10 Å². The van der Waals surface area contributed by atoms with E-state index in [9.17, 15) is 9.90 Å². The smallest absolute Gasteiger partial charge is 0.339 e. The lowest BCUT2D eigenvalue weighted by Crippen LogP contribution is -2.22. The van der Waals surface area contributed by atoms with Crippen LogP contribution in [0.3, 0.4) is 0 Å². The lowest BCUT2D eigenvalue weighted by atomic mass is 10.2. The highest BCUT2D eigenvalue weighted by Crippen LogP contribution is 2.40. The van der Waals surface area contributed by atoms with Crippen LogP contribution in [0.25, 0.3) is 0 Å². The Morgan fingerprint density at radius 3 is 2.61 bits per heavy atom. The Labute approximate surface area is 135 Å². The van der Waals surface area contributed by atoms with Gasteiger partial charge in [-0.25, -0.2) is 9.78 Å². The average Bonchev–Trinajstić information content (AvgIpc) is 3.31. The molecular weight excluding hydrogens is 292 g/mol. The zero-order valence-electron chi connectivity index (χ0n) is 13.6. The van der Waals surface area contributed by atoms with Crippen LogP contribution >= 0.6 is 0 Å². The van der Waals surface area contributed by atoms with Gasteiger partial charge in [0.05, 0.1) is 12.2 Å². The molecule has 0 atom stereocenters. The molecule has 0 saturated heterocycles. The Morgan fingerprint density at radius 2 is 2.09 bits per heavy atom. The molecule has 3 rings (SSSR count). The molecule has 1 saturated carbocycles. The highest BCUT2D eigenvalue weighted by atomic mass is 16.4. The second kappa shape index (κ2) is 6.40. The first kappa shape index (κ1) is 15.5. The minimum absolute atomic E-state index is 0.325. The van der Waals surface area contributed by atoms with Crippen LogP contribution in [0, 0.1) is 0 Å². The van der Waals surface area contributed by atoms with Crippen molar-refractivity contribution >= 4 is 11.8 Å². The molecule has 2 heterocycles. The van der Waals surface area contributed by atoms with Crippen molar-refractivity contribution in [2.24, 2.45) is 0 Å². The van der Waals surface area contributed by atoms with Crippen molar-refractivity contribution in [1.29, 1.82) is 0 Å². The Hall–Kier alpha value is -2.37. The topological polar surface area (TPSA) is 71.2 Å². The predicted molar refractivity (Wildman–Crippen MR) is 88.1 cm³/mol. The zero-order chi connectivity index (χ0) is 16.4. The van der Waals surface area contributed by atoms with Crippen molar-refractivity contribution in [2.45, 2.75) is 39.2 Å². The van der Waals surface area contributed by atoms with E-state index in [-0.39, 0.29) is 0 Å². The number of nitrogens with zero attached hydrogens (tertiary/aromatic N) is 4. The molecule has 0 unspecified atom stereocenters. The first-order chi connectivity index (χ1) is 11.1. The molecule has 0 amide bonds. The van der Waals surface area contributed by atoms with E-state index in [1.54, 1.807) is 10.9 Å². The third kappa shape index (κ3) is 3.36. The van der Waals surface area contributed by atoms with Crippen LogP contribution < -0.4 is 4.90 Å². The Kier molecular flexibility index (Phi) is 4.32. The molecule has 23 heavy (non-hydrogen) atoms. The van der Waals surface area contributed by atoms with Crippen molar-refractivity contribution < 1.29 is 9.90 Å². The van der Waals surface area contributed by atoms with Gasteiger partial charge in [0, 0.05) is 31.4 Å². The molecular formula is C17H22N4O2. The van der Waals surface area contributed by atoms with E-state index in [1.165, 1.54) is 0 Å². The summed E-state index contributed by atoms with van der Waals surface area (Å²) in [6, 6.07) is 4.03. The summed E-state index contributed by atoms with van der Waals surface area (Å²) in [5.74, 6) is 0.391. The van der Waals surface area contributed by atoms with Gasteiger partial charge in [-0.15, -0.1) is 0 Å². The second-order valence-corrected chi connectivity index (χ2v) is 5.90. The van der Waals surface area contributed by atoms with E-state index < -0.39 is 5.97 Å². The molecule has 0 aliphatic heterocycles. The van der Waals surface area contributed by atoms with Gasteiger partial charge in [0.1, 0.15) is 11.4 Å². The summed E-state index contributed by atoms with van der Waals surface area (Å²) in [6.45, 7) is 6.60. The molecule has 1 aliphatic carbocycles. The summed E-state index contributed by atoms with van der Waals surface area (Å²) in [7, 11) is 0. The number of carbonyl (C=O) groups is 1. The molecule has 2 aromatic rings. The number of anilines is 1. The van der Waals surface area contributed by atoms with Gasteiger partial charge in [-0.3, -0.25) is 4.68 Å². The van der Waals surface area contributed by atoms with Crippen LogP contribution in [0.15, 0.2) is 24.5 Å². The van der Waals surface area contributed by atoms with Gasteiger partial charge < -0.3 is 10.0 Å². The summed E-state index contributed by atoms with van der Waals surface area (Å²) in [5, 5.41) is 13.8. The molecule has 0 aromatic carbocycles. The average molecular weight is 314 g/mol. The number of carboxylic acid groups (broad SMARTS) is 1. The third-order valence-electron chi connectivity index (χ3n) is 4.23. The van der Waals surface area contributed by atoms with Crippen molar-refractivity contribution in [3.8, 4) is 0 Å². The van der Waals surface area contributed by atoms with E-state index in [0.717, 1.165) is 43.0 Å². The van der Waals surface area contributed by atoms with Crippen LogP contribution in [-0.4, -0.2) is 38.9 Å². The molecule has 6 heteroatoms. The fraction of sp³-hybridized carbons (Fsp3) is 0.471. The zero-order valence-corrected chi connectivity index (χ0v) is 13.6. The van der Waals surface area contributed by atoms with E-state index in [2.05, 4.69) is 28.8 Å². The van der Waals surface area contributed by atoms with Gasteiger partial charge >= 0.3 is 5.97 Å². The molecule has 6 nitrogen and oxygen atoms in total. The summed E-state index contributed by atoms with van der Waals surface area (Å²) >= 11 is 0. The molecule has 1 aliphatic rings. The molecule has 2 aromatic heterocycles. The standard InChI is InChI=1S/C17H22N4O2/c1-3-20(4-2)15-8-5-12(9-18-15)10-21-11-14(17(22)23)16(19-21)13-6-7-13/h5,8-9,11,13H,3-4,6-7,10H2,1-2H3,(H,22,23). The van der Waals surface area contributed by atoms with Gasteiger partial charge in [-0.05, 0) is 38.3 Å². The van der Waals surface area contributed by atoms with Gasteiger partial charge in [-0.1, -0.05) is 6.07 Å². The third-order valence-corrected chi connectivity index (χ3v) is 4.23. The number of hydrogen-bond donors (Lipinski definition) is 1. The van der Waals surface area contributed by atoms with E-state index in [1.807, 2.05) is 18.3 Å². The Bertz CT molecular complexity index is 685. The van der Waals surface area contributed by atoms with Crippen LogP contribution in [0.2, 0.25) is 0 Å². The maximum atomic E-state index is 11.3. The Morgan fingerprint density at radius 1 is 1.35 bits per heavy atom. The van der Waals surface area contributed by atoms with Crippen LogP contribution in [0.1, 0.15) is 54.2 Å². The van der Waals surface area contributed by atoms with Crippen molar-refractivity contribution in [3.63, 3.8) is 0 Å². The summed E-state index contributed by atoms with van der Waals surface area (Å²) in [5.41, 5.74) is 2.08. The SMILES string of the molecule is CCN(CC)c1ccc(Cn2cc(C(=O)O)c(C3CC3)n2)cn1. The van der Waals surface area contributed by atoms with Crippen molar-refractivity contribution in [2.75, 3.05) is 18.0 Å². The van der Waals surface area contributed by atoms with Crippen molar-refractivity contribution in [1.82, 2.24) is 14.8 Å². The molecule has 0 spiro atoms. The normalized spacial score (nSPS) is 14.0. The van der Waals surface area contributed by atoms with Gasteiger partial charge in [0.15, 0.2) is 0 Å². The monoisotopic (exact) mass is 314 g/mol. The number of hydrogen-bond acceptors (Lipinski definition) is 4. The van der Waals surface area contributed by atoms with Gasteiger partial charge in [0.25, 0.3) is 0 Å². The first-order valence-electron chi connectivity index (χ1n) is 8.12. The second-order valence-electron chi connectivity index (χ2n) is 5.90. The minimum atomic E-state index is -0.895. The maximum Gasteiger partial charge on any atom is 0.339 e. The van der Waals surface area contributed by atoms with E-state index in [0.29, 0.717) is 18.0 Å². The quantitative estimate of drug-likeness (QED) is 0.851. The summed E-state index contributed by atoms with van der Waals surface area (Å²) < 4.78 is 1.71. The lowest BCUT2D eigenvalue weighted by Gasteiger charge is -2.19. The highest BCUT2D eigenvalue weighted by molar-refractivity contribution is 5.89. The summed E-state index contributed by atoms with van der Waals surface area (Å²) in [4.78, 5) is 18.0. The minimum Gasteiger partial charge on any atom is -0.478 e. The number of carboxylic acids is 1. The first-order valence-corrected chi connectivity index (χ1v) is 8.12. The number of rotatable bonds is 7. The highest BCUT2D eigenvalue weighted by Gasteiger charge is 2.31. The van der Waals surface area contributed by atoms with Gasteiger partial charge in [0.2, 0.25) is 0 Å². The maximum absolute atomic E-state index is 11.3.